The van der Waals surface area contributed by atoms with Crippen LogP contribution < -0.4 is 0 Å². The molecule has 0 aliphatic heterocycles. The number of H-pyrrole nitrogens is 1. The van der Waals surface area contributed by atoms with E-state index in [4.69, 9.17) is 5.26 Å². The van der Waals surface area contributed by atoms with E-state index in [-0.39, 0.29) is 0 Å². The first-order valence-corrected chi connectivity index (χ1v) is 6.11. The van der Waals surface area contributed by atoms with E-state index in [9.17, 15) is 0 Å². The summed E-state index contributed by atoms with van der Waals surface area (Å²) in [5.74, 6) is 0.879. The molecule has 0 radical (unpaired) electrons. The Bertz CT molecular complexity index is 603. The Hall–Kier alpha value is -2.08. The highest BCUT2D eigenvalue weighted by Gasteiger charge is 2.08. The first kappa shape index (κ1) is 12.4. The Morgan fingerprint density at radius 1 is 1.22 bits per heavy atom. The van der Waals surface area contributed by atoms with Gasteiger partial charge in [-0.1, -0.05) is 12.1 Å². The molecule has 3 nitrogen and oxygen atoms in total. The van der Waals surface area contributed by atoms with Crippen LogP contribution in [0.25, 0.3) is 11.3 Å². The average Bonchev–Trinajstić information content (AvgIpc) is 2.82. The van der Waals surface area contributed by atoms with Crippen LogP contribution in [0.3, 0.4) is 0 Å². The van der Waals surface area contributed by atoms with Crippen molar-refractivity contribution >= 4 is 0 Å². The molecular weight excluding hydrogens is 222 g/mol. The predicted molar refractivity (Wildman–Crippen MR) is 72.2 cm³/mol. The molecule has 0 fully saturated rings. The number of benzene rings is 1. The summed E-state index contributed by atoms with van der Waals surface area (Å²) in [5.41, 5.74) is 6.13. The molecule has 0 saturated heterocycles. The highest BCUT2D eigenvalue weighted by atomic mass is 14.9. The van der Waals surface area contributed by atoms with Crippen molar-refractivity contribution in [2.45, 2.75) is 33.6 Å². The monoisotopic (exact) mass is 239 g/mol. The Morgan fingerprint density at radius 3 is 2.72 bits per heavy atom. The molecule has 0 bridgehead atoms. The number of hydrogen-bond acceptors (Lipinski definition) is 2. The first-order chi connectivity index (χ1) is 8.63. The minimum Gasteiger partial charge on any atom is -0.342 e. The van der Waals surface area contributed by atoms with Gasteiger partial charge in [-0.2, -0.15) is 5.26 Å². The number of hydrogen-bond donors (Lipinski definition) is 1. The summed E-state index contributed by atoms with van der Waals surface area (Å²) < 4.78 is 0. The van der Waals surface area contributed by atoms with Crippen molar-refractivity contribution in [2.24, 2.45) is 0 Å². The zero-order valence-electron chi connectivity index (χ0n) is 11.0. The smallest absolute Gasteiger partial charge is 0.107 e. The maximum absolute atomic E-state index is 8.57. The number of aryl methyl sites for hydroxylation is 2. The minimum atomic E-state index is 0.499. The third-order valence-electron chi connectivity index (χ3n) is 3.45. The van der Waals surface area contributed by atoms with Crippen LogP contribution in [0.1, 0.15) is 28.9 Å². The van der Waals surface area contributed by atoms with Crippen LogP contribution in [-0.4, -0.2) is 9.97 Å². The minimum absolute atomic E-state index is 0.499. The molecule has 3 heteroatoms. The van der Waals surface area contributed by atoms with E-state index >= 15 is 0 Å². The van der Waals surface area contributed by atoms with Crippen LogP contribution in [0.2, 0.25) is 0 Å². The van der Waals surface area contributed by atoms with Gasteiger partial charge in [0.1, 0.15) is 5.82 Å². The molecule has 2 aromatic rings. The zero-order chi connectivity index (χ0) is 13.1. The molecule has 0 unspecified atom stereocenters. The van der Waals surface area contributed by atoms with Crippen molar-refractivity contribution in [1.82, 2.24) is 9.97 Å². The summed E-state index contributed by atoms with van der Waals surface area (Å²) in [4.78, 5) is 7.61. The normalized spacial score (nSPS) is 10.3. The van der Waals surface area contributed by atoms with Crippen LogP contribution >= 0.6 is 0 Å². The number of nitrogens with zero attached hydrogens (tertiary/aromatic N) is 2. The van der Waals surface area contributed by atoms with Gasteiger partial charge >= 0.3 is 0 Å². The second kappa shape index (κ2) is 5.05. The lowest BCUT2D eigenvalue weighted by atomic mass is 9.97. The van der Waals surface area contributed by atoms with Crippen LogP contribution in [0.15, 0.2) is 18.3 Å². The molecule has 2 rings (SSSR count). The molecule has 0 aliphatic carbocycles. The van der Waals surface area contributed by atoms with Gasteiger partial charge < -0.3 is 4.98 Å². The van der Waals surface area contributed by atoms with E-state index in [1.165, 1.54) is 22.3 Å². The largest absolute Gasteiger partial charge is 0.342 e. The molecule has 1 aromatic heterocycles. The SMILES string of the molecule is Cc1ccc(-c2cnc(CCC#N)[nH]2)c(C)c1C. The summed E-state index contributed by atoms with van der Waals surface area (Å²) in [6.07, 6.45) is 3.03. The number of nitrogens with one attached hydrogen (secondary N) is 1. The summed E-state index contributed by atoms with van der Waals surface area (Å²) in [7, 11) is 0. The van der Waals surface area contributed by atoms with Gasteiger partial charge in [-0.3, -0.25) is 0 Å². The second-order valence-electron chi connectivity index (χ2n) is 4.58. The maximum Gasteiger partial charge on any atom is 0.107 e. The lowest BCUT2D eigenvalue weighted by Crippen LogP contribution is -1.91. The topological polar surface area (TPSA) is 52.5 Å². The molecule has 1 aromatic carbocycles. The van der Waals surface area contributed by atoms with E-state index < -0.39 is 0 Å². The van der Waals surface area contributed by atoms with Crippen molar-refractivity contribution in [3.05, 3.63) is 40.8 Å². The van der Waals surface area contributed by atoms with Crippen molar-refractivity contribution in [3.8, 4) is 17.3 Å². The quantitative estimate of drug-likeness (QED) is 0.891. The van der Waals surface area contributed by atoms with E-state index in [1.54, 1.807) is 0 Å². The van der Waals surface area contributed by atoms with E-state index in [0.717, 1.165) is 11.5 Å². The number of rotatable bonds is 3. The molecular formula is C15H17N3. The lowest BCUT2D eigenvalue weighted by molar-refractivity contribution is 0.918. The Kier molecular flexibility index (Phi) is 3.47. The Labute approximate surface area is 107 Å². The molecule has 92 valence electrons. The van der Waals surface area contributed by atoms with Gasteiger partial charge in [0.2, 0.25) is 0 Å². The molecule has 1 heterocycles. The van der Waals surface area contributed by atoms with E-state index in [2.05, 4.69) is 48.9 Å². The van der Waals surface area contributed by atoms with Crippen LogP contribution in [-0.2, 0) is 6.42 Å². The lowest BCUT2D eigenvalue weighted by Gasteiger charge is -2.09. The molecule has 0 spiro atoms. The molecule has 1 N–H and O–H groups in total. The molecule has 0 saturated carbocycles. The number of aromatic amines is 1. The fourth-order valence-electron chi connectivity index (χ4n) is 2.05. The standard InChI is InChI=1S/C15H17N3/c1-10-6-7-13(12(3)11(10)2)14-9-17-15(18-14)5-4-8-16/h6-7,9H,4-5H2,1-3H3,(H,17,18). The highest BCUT2D eigenvalue weighted by Crippen LogP contribution is 2.26. The third kappa shape index (κ3) is 2.28. The van der Waals surface area contributed by atoms with Gasteiger partial charge in [0, 0.05) is 18.4 Å². The van der Waals surface area contributed by atoms with Crippen LogP contribution in [0, 0.1) is 32.1 Å². The van der Waals surface area contributed by atoms with Gasteiger partial charge in [0.25, 0.3) is 0 Å². The molecule has 0 atom stereocenters. The van der Waals surface area contributed by atoms with Gasteiger partial charge in [-0.05, 0) is 37.5 Å². The number of nitriles is 1. The van der Waals surface area contributed by atoms with Gasteiger partial charge in [0.05, 0.1) is 18.0 Å². The number of aromatic nitrogens is 2. The average molecular weight is 239 g/mol. The predicted octanol–water partition coefficient (Wildman–Crippen LogP) is 3.46. The van der Waals surface area contributed by atoms with Crippen molar-refractivity contribution < 1.29 is 0 Å². The maximum atomic E-state index is 8.57. The third-order valence-corrected chi connectivity index (χ3v) is 3.45. The van der Waals surface area contributed by atoms with Crippen molar-refractivity contribution in [1.29, 1.82) is 5.26 Å². The fraction of sp³-hybridized carbons (Fsp3) is 0.333. The van der Waals surface area contributed by atoms with Crippen molar-refractivity contribution in [3.63, 3.8) is 0 Å². The highest BCUT2D eigenvalue weighted by molar-refractivity contribution is 5.65. The first-order valence-electron chi connectivity index (χ1n) is 6.11. The summed E-state index contributed by atoms with van der Waals surface area (Å²) in [5, 5.41) is 8.57. The van der Waals surface area contributed by atoms with Crippen molar-refractivity contribution in [2.75, 3.05) is 0 Å². The van der Waals surface area contributed by atoms with Gasteiger partial charge in [-0.25, -0.2) is 4.98 Å². The Balaban J connectivity index is 2.35. The van der Waals surface area contributed by atoms with Gasteiger partial charge in [-0.15, -0.1) is 0 Å². The molecule has 0 aliphatic rings. The molecule has 18 heavy (non-hydrogen) atoms. The second-order valence-corrected chi connectivity index (χ2v) is 4.58. The van der Waals surface area contributed by atoms with Crippen LogP contribution in [0.4, 0.5) is 0 Å². The van der Waals surface area contributed by atoms with Crippen LogP contribution in [0.5, 0.6) is 0 Å². The summed E-state index contributed by atoms with van der Waals surface area (Å²) in [6.45, 7) is 6.39. The summed E-state index contributed by atoms with van der Waals surface area (Å²) in [6, 6.07) is 6.39. The van der Waals surface area contributed by atoms with E-state index in [0.29, 0.717) is 12.8 Å². The zero-order valence-corrected chi connectivity index (χ0v) is 11.0. The fourth-order valence-corrected chi connectivity index (χ4v) is 2.05. The van der Waals surface area contributed by atoms with Gasteiger partial charge in [0.15, 0.2) is 0 Å². The Morgan fingerprint density at radius 2 is 2.00 bits per heavy atom. The number of imidazole rings is 1. The summed E-state index contributed by atoms with van der Waals surface area (Å²) >= 11 is 0. The van der Waals surface area contributed by atoms with E-state index in [1.807, 2.05) is 6.20 Å². The molecule has 0 amide bonds.